The summed E-state index contributed by atoms with van der Waals surface area (Å²) < 4.78 is 5.45. The minimum atomic E-state index is -0.0253. The van der Waals surface area contributed by atoms with Crippen molar-refractivity contribution in [2.24, 2.45) is 16.6 Å². The number of hydrogen-bond donors (Lipinski definition) is 2. The SMILES string of the molecule is CC(C)(C)NC(N)=NCCOCC1CC1.I. The lowest BCUT2D eigenvalue weighted by Gasteiger charge is -2.20. The van der Waals surface area contributed by atoms with Crippen LogP contribution in [0.4, 0.5) is 0 Å². The Morgan fingerprint density at radius 1 is 1.44 bits per heavy atom. The van der Waals surface area contributed by atoms with Gasteiger partial charge in [-0.25, -0.2) is 0 Å². The largest absolute Gasteiger partial charge is 0.379 e. The molecular formula is C11H24IN3O. The maximum absolute atomic E-state index is 5.70. The standard InChI is InChI=1S/C11H23N3O.HI/c1-11(2,3)14-10(12)13-6-7-15-8-9-4-5-9;/h9H,4-8H2,1-3H3,(H3,12,13,14);1H. The van der Waals surface area contributed by atoms with Crippen LogP contribution in [0.1, 0.15) is 33.6 Å². The van der Waals surface area contributed by atoms with Gasteiger partial charge in [0.15, 0.2) is 5.96 Å². The molecule has 0 heterocycles. The van der Waals surface area contributed by atoms with Gasteiger partial charge >= 0.3 is 0 Å². The van der Waals surface area contributed by atoms with Crippen LogP contribution in [0.2, 0.25) is 0 Å². The number of nitrogens with one attached hydrogen (secondary N) is 1. The predicted molar refractivity (Wildman–Crippen MR) is 78.3 cm³/mol. The number of hydrogen-bond acceptors (Lipinski definition) is 2. The van der Waals surface area contributed by atoms with E-state index in [1.165, 1.54) is 12.8 Å². The molecule has 1 rings (SSSR count). The summed E-state index contributed by atoms with van der Waals surface area (Å²) in [7, 11) is 0. The van der Waals surface area contributed by atoms with Gasteiger partial charge in [0.25, 0.3) is 0 Å². The second kappa shape index (κ2) is 7.32. The predicted octanol–water partition coefficient (Wildman–Crippen LogP) is 1.73. The van der Waals surface area contributed by atoms with Crippen LogP contribution in [0.25, 0.3) is 0 Å². The molecule has 16 heavy (non-hydrogen) atoms. The van der Waals surface area contributed by atoms with E-state index >= 15 is 0 Å². The summed E-state index contributed by atoms with van der Waals surface area (Å²) in [6, 6.07) is 0. The van der Waals surface area contributed by atoms with Crippen LogP contribution in [0.15, 0.2) is 4.99 Å². The normalized spacial score (nSPS) is 16.8. The van der Waals surface area contributed by atoms with Gasteiger partial charge in [0.05, 0.1) is 13.2 Å². The van der Waals surface area contributed by atoms with Crippen LogP contribution >= 0.6 is 24.0 Å². The van der Waals surface area contributed by atoms with E-state index in [-0.39, 0.29) is 29.5 Å². The molecule has 0 atom stereocenters. The minimum absolute atomic E-state index is 0. The monoisotopic (exact) mass is 341 g/mol. The zero-order chi connectivity index (χ0) is 11.3. The summed E-state index contributed by atoms with van der Waals surface area (Å²) in [4.78, 5) is 4.19. The molecule has 0 unspecified atom stereocenters. The van der Waals surface area contributed by atoms with Crippen LogP contribution in [0.5, 0.6) is 0 Å². The minimum Gasteiger partial charge on any atom is -0.379 e. The summed E-state index contributed by atoms with van der Waals surface area (Å²) in [5, 5.41) is 3.10. The molecule has 96 valence electrons. The van der Waals surface area contributed by atoms with Gasteiger partial charge in [0, 0.05) is 12.1 Å². The highest BCUT2D eigenvalue weighted by atomic mass is 127. The summed E-state index contributed by atoms with van der Waals surface area (Å²) in [5.74, 6) is 1.32. The molecule has 4 nitrogen and oxygen atoms in total. The van der Waals surface area contributed by atoms with Crippen LogP contribution in [-0.2, 0) is 4.74 Å². The van der Waals surface area contributed by atoms with Crippen LogP contribution in [0, 0.1) is 5.92 Å². The lowest BCUT2D eigenvalue weighted by molar-refractivity contribution is 0.131. The average Bonchev–Trinajstić information content (AvgIpc) is 2.83. The molecule has 1 saturated carbocycles. The van der Waals surface area contributed by atoms with Crippen molar-refractivity contribution in [1.82, 2.24) is 5.32 Å². The van der Waals surface area contributed by atoms with Gasteiger partial charge in [-0.05, 0) is 39.5 Å². The first kappa shape index (κ1) is 16.0. The van der Waals surface area contributed by atoms with Crippen LogP contribution in [-0.4, -0.2) is 31.3 Å². The van der Waals surface area contributed by atoms with Gasteiger partial charge in [-0.15, -0.1) is 24.0 Å². The Morgan fingerprint density at radius 2 is 2.06 bits per heavy atom. The number of ether oxygens (including phenoxy) is 1. The third kappa shape index (κ3) is 9.21. The van der Waals surface area contributed by atoms with Crippen molar-refractivity contribution in [3.05, 3.63) is 0 Å². The molecule has 0 spiro atoms. The molecule has 1 aliphatic rings. The molecule has 0 bridgehead atoms. The Morgan fingerprint density at radius 3 is 2.56 bits per heavy atom. The van der Waals surface area contributed by atoms with E-state index < -0.39 is 0 Å². The molecule has 0 aromatic heterocycles. The molecule has 0 aromatic carbocycles. The Bertz CT molecular complexity index is 222. The number of nitrogens with zero attached hydrogens (tertiary/aromatic N) is 1. The zero-order valence-corrected chi connectivity index (χ0v) is 12.8. The number of aliphatic imine (C=N–C) groups is 1. The van der Waals surface area contributed by atoms with Crippen molar-refractivity contribution in [2.75, 3.05) is 19.8 Å². The highest BCUT2D eigenvalue weighted by Gasteiger charge is 2.20. The molecular weight excluding hydrogens is 317 g/mol. The van der Waals surface area contributed by atoms with Gasteiger partial charge < -0.3 is 15.8 Å². The van der Waals surface area contributed by atoms with E-state index in [4.69, 9.17) is 10.5 Å². The first-order chi connectivity index (χ1) is 6.97. The average molecular weight is 341 g/mol. The van der Waals surface area contributed by atoms with Crippen molar-refractivity contribution in [2.45, 2.75) is 39.2 Å². The molecule has 0 radical (unpaired) electrons. The lowest BCUT2D eigenvalue weighted by Crippen LogP contribution is -2.45. The zero-order valence-electron chi connectivity index (χ0n) is 10.5. The first-order valence-electron chi connectivity index (χ1n) is 5.63. The van der Waals surface area contributed by atoms with Gasteiger partial charge in [-0.2, -0.15) is 0 Å². The second-order valence-corrected chi connectivity index (χ2v) is 5.16. The third-order valence-corrected chi connectivity index (χ3v) is 2.07. The highest BCUT2D eigenvalue weighted by molar-refractivity contribution is 14.0. The molecule has 0 aliphatic heterocycles. The quantitative estimate of drug-likeness (QED) is 0.347. The van der Waals surface area contributed by atoms with E-state index in [0.717, 1.165) is 12.5 Å². The number of rotatable bonds is 5. The number of halogens is 1. The van der Waals surface area contributed by atoms with E-state index in [2.05, 4.69) is 31.1 Å². The Labute approximate surface area is 115 Å². The van der Waals surface area contributed by atoms with Gasteiger partial charge in [0.2, 0.25) is 0 Å². The lowest BCUT2D eigenvalue weighted by atomic mass is 10.1. The van der Waals surface area contributed by atoms with Gasteiger partial charge in [-0.3, -0.25) is 4.99 Å². The summed E-state index contributed by atoms with van der Waals surface area (Å²) >= 11 is 0. The fourth-order valence-electron chi connectivity index (χ4n) is 1.19. The second-order valence-electron chi connectivity index (χ2n) is 5.16. The molecule has 5 heteroatoms. The van der Waals surface area contributed by atoms with E-state index in [1.807, 2.05) is 0 Å². The van der Waals surface area contributed by atoms with Crippen molar-refractivity contribution in [3.63, 3.8) is 0 Å². The first-order valence-corrected chi connectivity index (χ1v) is 5.63. The van der Waals surface area contributed by atoms with Crippen molar-refractivity contribution in [3.8, 4) is 0 Å². The van der Waals surface area contributed by atoms with Crippen LogP contribution in [0.3, 0.4) is 0 Å². The smallest absolute Gasteiger partial charge is 0.189 e. The maximum Gasteiger partial charge on any atom is 0.189 e. The Balaban J connectivity index is 0.00000225. The maximum atomic E-state index is 5.70. The van der Waals surface area contributed by atoms with Crippen molar-refractivity contribution in [1.29, 1.82) is 0 Å². The van der Waals surface area contributed by atoms with Gasteiger partial charge in [-0.1, -0.05) is 0 Å². The fraction of sp³-hybridized carbons (Fsp3) is 0.909. The molecule has 0 aromatic rings. The summed E-state index contributed by atoms with van der Waals surface area (Å²) in [5.41, 5.74) is 5.67. The topological polar surface area (TPSA) is 59.6 Å². The summed E-state index contributed by atoms with van der Waals surface area (Å²) in [6.07, 6.45) is 2.66. The van der Waals surface area contributed by atoms with Crippen LogP contribution < -0.4 is 11.1 Å². The van der Waals surface area contributed by atoms with Crippen molar-refractivity contribution >= 4 is 29.9 Å². The molecule has 1 aliphatic carbocycles. The molecule has 0 saturated heterocycles. The molecule has 1 fully saturated rings. The third-order valence-electron chi connectivity index (χ3n) is 2.07. The number of guanidine groups is 1. The summed E-state index contributed by atoms with van der Waals surface area (Å²) in [6.45, 7) is 8.36. The Kier molecular flexibility index (Phi) is 7.30. The molecule has 3 N–H and O–H groups in total. The highest BCUT2D eigenvalue weighted by Crippen LogP contribution is 2.28. The van der Waals surface area contributed by atoms with Gasteiger partial charge in [0.1, 0.15) is 0 Å². The molecule has 0 amide bonds. The van der Waals surface area contributed by atoms with E-state index in [9.17, 15) is 0 Å². The fourth-order valence-corrected chi connectivity index (χ4v) is 1.19. The Hall–Kier alpha value is -0.0400. The number of nitrogens with two attached hydrogens (primary N) is 1. The van der Waals surface area contributed by atoms with Crippen molar-refractivity contribution < 1.29 is 4.74 Å². The van der Waals surface area contributed by atoms with E-state index in [0.29, 0.717) is 19.1 Å². The van der Waals surface area contributed by atoms with E-state index in [1.54, 1.807) is 0 Å².